The van der Waals surface area contributed by atoms with Gasteiger partial charge in [0.1, 0.15) is 24.4 Å². The van der Waals surface area contributed by atoms with E-state index in [1.54, 1.807) is 39.8 Å². The fourth-order valence-corrected chi connectivity index (χ4v) is 17.3. The average molecular weight is 1040 g/mol. The molecule has 11 nitrogen and oxygen atoms in total. The molecular formula is C52H64F6O11S2. The van der Waals surface area contributed by atoms with Crippen LogP contribution in [0.5, 0.6) is 0 Å². The second-order valence-corrected chi connectivity index (χ2v) is 23.7. The predicted octanol–water partition coefficient (Wildman–Crippen LogP) is 9.81. The number of carbonyl (C=O) groups is 4. The third kappa shape index (κ3) is 6.79. The van der Waals surface area contributed by atoms with Crippen LogP contribution in [-0.2, 0) is 38.1 Å². The van der Waals surface area contributed by atoms with Crippen LogP contribution in [0.2, 0.25) is 0 Å². The Hall–Kier alpha value is -3.04. The molecule has 2 N–H and O–H groups in total. The summed E-state index contributed by atoms with van der Waals surface area (Å²) in [4.78, 5) is 50.8. The minimum Gasteiger partial charge on any atom is -0.464 e. The summed E-state index contributed by atoms with van der Waals surface area (Å²) in [6.07, 6.45) is -0.521. The first-order valence-corrected chi connectivity index (χ1v) is 25.4. The minimum absolute atomic E-state index is 0. The maximum Gasteiger partial charge on any atom is 0.226 e. The minimum atomic E-state index is -2.29. The highest BCUT2D eigenvalue weighted by Crippen LogP contribution is 2.75. The van der Waals surface area contributed by atoms with E-state index in [4.69, 9.17) is 23.4 Å². The van der Waals surface area contributed by atoms with Gasteiger partial charge in [-0.05, 0) is 126 Å². The van der Waals surface area contributed by atoms with Crippen molar-refractivity contribution < 1.29 is 79.1 Å². The number of hydrogen-bond acceptors (Lipinski definition) is 13. The molecule has 2 aliphatic heterocycles. The van der Waals surface area contributed by atoms with Gasteiger partial charge in [0.15, 0.2) is 45.7 Å². The number of fused-ring (bicyclic) bond motifs is 14. The third-order valence-corrected chi connectivity index (χ3v) is 20.1. The smallest absolute Gasteiger partial charge is 0.226 e. The zero-order valence-corrected chi connectivity index (χ0v) is 40.5. The normalized spacial score (nSPS) is 49.1. The molecule has 1 aromatic heterocycles. The largest absolute Gasteiger partial charge is 0.464 e. The molecule has 1 aromatic rings. The van der Waals surface area contributed by atoms with Crippen molar-refractivity contribution in [2.75, 3.05) is 12.0 Å². The van der Waals surface area contributed by atoms with Gasteiger partial charge in [0, 0.05) is 33.5 Å². The van der Waals surface area contributed by atoms with Gasteiger partial charge < -0.3 is 33.6 Å². The molecule has 11 rings (SSSR count). The summed E-state index contributed by atoms with van der Waals surface area (Å²) in [5.41, 5.74) is -13.1. The Morgan fingerprint density at radius 1 is 0.690 bits per heavy atom. The Labute approximate surface area is 418 Å². The number of furan rings is 1. The molecule has 0 spiro atoms. The Morgan fingerprint density at radius 2 is 1.15 bits per heavy atom. The molecule has 0 radical (unpaired) electrons. The highest BCUT2D eigenvalue weighted by Gasteiger charge is 2.82. The summed E-state index contributed by atoms with van der Waals surface area (Å²) >= 11 is 0.930. The Bertz CT molecular complexity index is 2490. The van der Waals surface area contributed by atoms with Crippen LogP contribution < -0.4 is 0 Å². The molecule has 8 fully saturated rings. The van der Waals surface area contributed by atoms with Crippen molar-refractivity contribution in [2.45, 2.75) is 166 Å². The SMILES string of the molecule is C.C.CC1(C)O[C@@H]2C[C@H]3[C@@H]4C[C@H](F)C5=CC(=O)C=C[C@]5(C)[C@@]4(F)[C@@H](O)C[C@]3(C)[C@]2(C(=O)SCF)O1.C[C@]12C=CC(=O)C=C1[C@@H](F)C[C@H]1[C@@H]3C[C@H]4OC(c5ccco5)O[C@@]4(C(=O)SCF)[C@@]3(C)C[C@H](O)[C@@]12F. The van der Waals surface area contributed by atoms with Crippen molar-refractivity contribution in [1.29, 1.82) is 0 Å². The zero-order chi connectivity index (χ0) is 49.9. The molecule has 6 saturated carbocycles. The molecule has 10 aliphatic rings. The number of rotatable bonds is 5. The van der Waals surface area contributed by atoms with E-state index in [9.17, 15) is 38.2 Å². The quantitative estimate of drug-likeness (QED) is 0.269. The number of ketones is 2. The number of aliphatic hydroxyl groups is 2. The van der Waals surface area contributed by atoms with E-state index >= 15 is 17.6 Å². The zero-order valence-electron chi connectivity index (χ0n) is 38.9. The molecule has 0 aromatic carbocycles. The Kier molecular flexibility index (Phi) is 13.4. The van der Waals surface area contributed by atoms with Gasteiger partial charge in [-0.1, -0.05) is 64.4 Å². The van der Waals surface area contributed by atoms with Crippen LogP contribution in [0.15, 0.2) is 70.4 Å². The lowest BCUT2D eigenvalue weighted by atomic mass is 9.44. The van der Waals surface area contributed by atoms with E-state index in [0.717, 1.165) is 12.2 Å². The molecule has 3 heterocycles. The number of aliphatic hydroxyl groups excluding tert-OH is 2. The van der Waals surface area contributed by atoms with Crippen LogP contribution >= 0.6 is 23.5 Å². The van der Waals surface area contributed by atoms with Crippen molar-refractivity contribution >= 4 is 45.3 Å². The van der Waals surface area contributed by atoms with E-state index in [0.29, 0.717) is 29.3 Å². The number of allylic oxidation sites excluding steroid dienone is 8. The van der Waals surface area contributed by atoms with E-state index in [2.05, 4.69) is 0 Å². The fourth-order valence-electron chi connectivity index (χ4n) is 15.8. The van der Waals surface area contributed by atoms with Gasteiger partial charge in [0.2, 0.25) is 16.5 Å². The molecule has 392 valence electrons. The monoisotopic (exact) mass is 1040 g/mol. The van der Waals surface area contributed by atoms with Crippen molar-refractivity contribution in [3.05, 3.63) is 71.8 Å². The molecule has 2 saturated heterocycles. The molecule has 8 aliphatic carbocycles. The van der Waals surface area contributed by atoms with Gasteiger partial charge in [-0.2, -0.15) is 0 Å². The van der Waals surface area contributed by atoms with Crippen molar-refractivity contribution in [2.24, 2.45) is 45.3 Å². The van der Waals surface area contributed by atoms with Crippen molar-refractivity contribution in [1.82, 2.24) is 0 Å². The van der Waals surface area contributed by atoms with E-state index in [1.165, 1.54) is 44.4 Å². The Morgan fingerprint density at radius 3 is 1.62 bits per heavy atom. The summed E-state index contributed by atoms with van der Waals surface area (Å²) < 4.78 is 122. The number of alkyl halides is 6. The lowest BCUT2D eigenvalue weighted by Crippen LogP contribution is -2.70. The van der Waals surface area contributed by atoms with Gasteiger partial charge in [-0.3, -0.25) is 19.2 Å². The molecule has 0 amide bonds. The van der Waals surface area contributed by atoms with Gasteiger partial charge in [0.05, 0.1) is 30.7 Å². The maximum absolute atomic E-state index is 17.3. The number of ether oxygens (including phenoxy) is 4. The topological polar surface area (TPSA) is 159 Å². The second-order valence-electron chi connectivity index (χ2n) is 21.9. The first-order chi connectivity index (χ1) is 32.3. The molecular weight excluding hydrogens is 979 g/mol. The summed E-state index contributed by atoms with van der Waals surface area (Å²) in [6, 6.07) is 1.34. The molecule has 1 unspecified atom stereocenters. The summed E-state index contributed by atoms with van der Waals surface area (Å²) in [5, 5.41) is 21.7. The van der Waals surface area contributed by atoms with E-state index in [-0.39, 0.29) is 64.5 Å². The molecule has 0 bridgehead atoms. The summed E-state index contributed by atoms with van der Waals surface area (Å²) in [5.74, 6) is -4.74. The number of halogens is 6. The van der Waals surface area contributed by atoms with Crippen LogP contribution in [-0.4, -0.2) is 109 Å². The summed E-state index contributed by atoms with van der Waals surface area (Å²) in [7, 11) is 0. The Balaban J connectivity index is 0.000000186. The van der Waals surface area contributed by atoms with Crippen LogP contribution in [0.25, 0.3) is 0 Å². The third-order valence-electron chi connectivity index (χ3n) is 18.7. The van der Waals surface area contributed by atoms with Crippen LogP contribution in [0.3, 0.4) is 0 Å². The first-order valence-electron chi connectivity index (χ1n) is 23.4. The van der Waals surface area contributed by atoms with Crippen LogP contribution in [0.1, 0.15) is 107 Å². The molecule has 71 heavy (non-hydrogen) atoms. The average Bonchev–Trinajstić information content (AvgIpc) is 4.09. The fraction of sp³-hybridized carbons (Fsp3) is 0.692. The highest BCUT2D eigenvalue weighted by molar-refractivity contribution is 8.14. The molecule has 19 atom stereocenters. The predicted molar refractivity (Wildman–Crippen MR) is 252 cm³/mol. The molecule has 19 heteroatoms. The highest BCUT2D eigenvalue weighted by atomic mass is 32.2. The lowest BCUT2D eigenvalue weighted by Gasteiger charge is -2.63. The van der Waals surface area contributed by atoms with Gasteiger partial charge >= 0.3 is 0 Å². The van der Waals surface area contributed by atoms with E-state index in [1.807, 2.05) is 0 Å². The lowest BCUT2D eigenvalue weighted by molar-refractivity contribution is -0.246. The van der Waals surface area contributed by atoms with Crippen LogP contribution in [0, 0.1) is 45.3 Å². The number of thioether (sulfide) groups is 2. The number of hydrogen-bond donors (Lipinski definition) is 2. The standard InChI is InChI=1S/C26H27F3O6S.C24H29F3O5S.2CH4/c1-23-6-5-13(30)8-16(23)17(28)9-15-14-10-20-26(22(32)36-12-27,24(14,2)11-19(31)25(15,23)29)35-21(34-20)18-4-3-7-33-18;1-20(2)31-18-9-13-14-8-16(26)15-7-12(28)5-6-21(15,3)23(14,27)17(29)10-22(13,4)24(18,32-20)19(30)33-11-25;;/h3-8,14-15,17,19-21,31H,9-12H2,1-2H3;5-7,13-14,16-18,29H,8-11H2,1-4H3;2*1H4/t14-,15-,17-,19-,20+,21?,23-,24-,25-,26-;13-,14-,16-,17-,18+,21-,22-,23-,24-;;/m00../s1. The van der Waals surface area contributed by atoms with Crippen molar-refractivity contribution in [3.8, 4) is 0 Å². The van der Waals surface area contributed by atoms with E-state index < -0.39 is 151 Å². The summed E-state index contributed by atoms with van der Waals surface area (Å²) in [6.45, 7) is 9.85. The van der Waals surface area contributed by atoms with Gasteiger partial charge in [-0.15, -0.1) is 0 Å². The van der Waals surface area contributed by atoms with Gasteiger partial charge in [-0.25, -0.2) is 26.3 Å². The second kappa shape index (κ2) is 17.5. The first kappa shape index (κ1) is 54.2. The van der Waals surface area contributed by atoms with Crippen molar-refractivity contribution in [3.63, 3.8) is 0 Å². The van der Waals surface area contributed by atoms with Crippen LogP contribution in [0.4, 0.5) is 26.3 Å². The maximum atomic E-state index is 17.3. The van der Waals surface area contributed by atoms with Gasteiger partial charge in [0.25, 0.3) is 0 Å². The number of carbonyl (C=O) groups excluding carboxylic acids is 4.